The third-order valence-corrected chi connectivity index (χ3v) is 5.88. The van der Waals surface area contributed by atoms with E-state index in [0.29, 0.717) is 0 Å². The predicted octanol–water partition coefficient (Wildman–Crippen LogP) is 4.72. The molecule has 148 valence electrons. The number of rotatable bonds is 5. The summed E-state index contributed by atoms with van der Waals surface area (Å²) in [6, 6.07) is 6.65. The van der Waals surface area contributed by atoms with Crippen LogP contribution in [0, 0.1) is 0 Å². The van der Waals surface area contributed by atoms with E-state index in [1.54, 1.807) is 0 Å². The van der Waals surface area contributed by atoms with E-state index < -0.39 is 0 Å². The third kappa shape index (κ3) is 3.50. The summed E-state index contributed by atoms with van der Waals surface area (Å²) in [5, 5.41) is 1.40. The highest BCUT2D eigenvalue weighted by atomic mass is 16.5. The van der Waals surface area contributed by atoms with E-state index in [0.717, 1.165) is 44.7 Å². The lowest BCUT2D eigenvalue weighted by molar-refractivity contribution is -0.0882. The molecule has 1 aromatic carbocycles. The molecule has 0 radical (unpaired) electrons. The van der Waals surface area contributed by atoms with Crippen molar-refractivity contribution in [3.05, 3.63) is 29.5 Å². The second kappa shape index (κ2) is 6.82. The van der Waals surface area contributed by atoms with E-state index in [1.165, 1.54) is 35.0 Å². The highest BCUT2D eigenvalue weighted by Crippen LogP contribution is 2.48. The normalized spacial score (nSPS) is 22.3. The molecule has 4 nitrogen and oxygen atoms in total. The number of nitrogens with zero attached hydrogens (tertiary/aromatic N) is 2. The Kier molecular flexibility index (Phi) is 4.76. The molecule has 3 heterocycles. The van der Waals surface area contributed by atoms with Gasteiger partial charge < -0.3 is 18.9 Å². The van der Waals surface area contributed by atoms with Crippen LogP contribution in [0.5, 0.6) is 5.75 Å². The van der Waals surface area contributed by atoms with Crippen LogP contribution in [0.3, 0.4) is 0 Å². The van der Waals surface area contributed by atoms with Crippen molar-refractivity contribution in [3.63, 3.8) is 0 Å². The number of aryl methyl sites for hydroxylation is 1. The lowest BCUT2D eigenvalue weighted by atomic mass is 9.81. The van der Waals surface area contributed by atoms with Gasteiger partial charge in [0.05, 0.1) is 17.8 Å². The first kappa shape index (κ1) is 18.8. The van der Waals surface area contributed by atoms with Gasteiger partial charge in [-0.05, 0) is 91.2 Å². The highest BCUT2D eigenvalue weighted by molar-refractivity contribution is 5.87. The molecule has 27 heavy (non-hydrogen) atoms. The summed E-state index contributed by atoms with van der Waals surface area (Å²) in [6.45, 7) is 9.36. The summed E-state index contributed by atoms with van der Waals surface area (Å²) in [5.74, 6) is 0.964. The topological polar surface area (TPSA) is 26.6 Å². The maximum Gasteiger partial charge on any atom is 0.122 e. The molecule has 2 aromatic rings. The molecule has 0 fully saturated rings. The third-order valence-electron chi connectivity index (χ3n) is 5.88. The van der Waals surface area contributed by atoms with Gasteiger partial charge in [-0.1, -0.05) is 0 Å². The molecular weight excluding hydrogens is 336 g/mol. The van der Waals surface area contributed by atoms with Crippen molar-refractivity contribution in [3.8, 4) is 5.75 Å². The number of aromatic nitrogens is 1. The summed E-state index contributed by atoms with van der Waals surface area (Å²) in [6.07, 6.45) is 5.64. The predicted molar refractivity (Wildman–Crippen MR) is 111 cm³/mol. The van der Waals surface area contributed by atoms with Crippen molar-refractivity contribution in [2.45, 2.75) is 70.6 Å². The Morgan fingerprint density at radius 1 is 1.26 bits per heavy atom. The Labute approximate surface area is 163 Å². The van der Waals surface area contributed by atoms with Crippen molar-refractivity contribution in [1.82, 2.24) is 9.47 Å². The molecule has 1 atom stereocenters. The van der Waals surface area contributed by atoms with Crippen LogP contribution in [0.4, 0.5) is 0 Å². The number of benzene rings is 1. The molecule has 0 spiro atoms. The summed E-state index contributed by atoms with van der Waals surface area (Å²) in [7, 11) is 4.30. The Morgan fingerprint density at radius 2 is 2.07 bits per heavy atom. The number of fused-ring (bicyclic) bond motifs is 3. The molecule has 1 unspecified atom stereocenters. The van der Waals surface area contributed by atoms with Crippen molar-refractivity contribution in [1.29, 1.82) is 0 Å². The van der Waals surface area contributed by atoms with Crippen LogP contribution < -0.4 is 4.74 Å². The minimum atomic E-state index is -0.180. The van der Waals surface area contributed by atoms with Crippen molar-refractivity contribution >= 4 is 10.9 Å². The summed E-state index contributed by atoms with van der Waals surface area (Å²) in [4.78, 5) is 2.27. The second-order valence-electron chi connectivity index (χ2n) is 9.48. The first-order valence-electron chi connectivity index (χ1n) is 10.4. The van der Waals surface area contributed by atoms with Gasteiger partial charge >= 0.3 is 0 Å². The van der Waals surface area contributed by atoms with Gasteiger partial charge in [0.1, 0.15) is 17.0 Å². The van der Waals surface area contributed by atoms with Crippen molar-refractivity contribution in [2.24, 2.45) is 0 Å². The zero-order chi connectivity index (χ0) is 19.2. The standard InChI is InChI=1S/C23H34N2O2/c1-22(2,3)27-17-8-9-18-19-10-15-26-23(11-6-13-24(4)5)12-7-14-25(21(19)23)20(18)16-17/h8-9,16H,6-7,10-15H2,1-5H3. The van der Waals surface area contributed by atoms with E-state index in [-0.39, 0.29) is 11.2 Å². The molecule has 0 amide bonds. The van der Waals surface area contributed by atoms with Gasteiger partial charge in [0.25, 0.3) is 0 Å². The summed E-state index contributed by atoms with van der Waals surface area (Å²) in [5.41, 5.74) is 4.03. The molecule has 2 aliphatic rings. The van der Waals surface area contributed by atoms with E-state index in [1.807, 2.05) is 0 Å². The molecule has 0 bridgehead atoms. The molecule has 4 rings (SSSR count). The molecule has 0 saturated heterocycles. The fourth-order valence-electron chi connectivity index (χ4n) is 4.95. The highest BCUT2D eigenvalue weighted by Gasteiger charge is 2.43. The van der Waals surface area contributed by atoms with Crippen LogP contribution in [0.15, 0.2) is 18.2 Å². The maximum absolute atomic E-state index is 6.52. The quantitative estimate of drug-likeness (QED) is 0.762. The lowest BCUT2D eigenvalue weighted by Crippen LogP contribution is -2.41. The van der Waals surface area contributed by atoms with Gasteiger partial charge in [-0.25, -0.2) is 0 Å². The van der Waals surface area contributed by atoms with Crippen LogP contribution in [0.1, 0.15) is 57.7 Å². The zero-order valence-electron chi connectivity index (χ0n) is 17.6. The summed E-state index contributed by atoms with van der Waals surface area (Å²) >= 11 is 0. The van der Waals surface area contributed by atoms with Crippen LogP contribution in [0.25, 0.3) is 10.9 Å². The van der Waals surface area contributed by atoms with Gasteiger partial charge in [-0.2, -0.15) is 0 Å². The van der Waals surface area contributed by atoms with Gasteiger partial charge in [0, 0.05) is 18.0 Å². The summed E-state index contributed by atoms with van der Waals surface area (Å²) < 4.78 is 15.2. The maximum atomic E-state index is 6.52. The molecule has 0 saturated carbocycles. The van der Waals surface area contributed by atoms with E-state index in [2.05, 4.69) is 62.5 Å². The smallest absolute Gasteiger partial charge is 0.122 e. The largest absolute Gasteiger partial charge is 0.488 e. The monoisotopic (exact) mass is 370 g/mol. The minimum Gasteiger partial charge on any atom is -0.488 e. The fourth-order valence-corrected chi connectivity index (χ4v) is 4.95. The van der Waals surface area contributed by atoms with Gasteiger partial charge in [0.15, 0.2) is 0 Å². The molecule has 0 N–H and O–H groups in total. The second-order valence-corrected chi connectivity index (χ2v) is 9.48. The SMILES string of the molecule is CN(C)CCCC12CCCn3c1c(c1ccc(OC(C)(C)C)cc13)CCO2. The molecule has 1 aromatic heterocycles. The first-order valence-corrected chi connectivity index (χ1v) is 10.4. The lowest BCUT2D eigenvalue weighted by Gasteiger charge is -2.42. The Bertz CT molecular complexity index is 827. The van der Waals surface area contributed by atoms with Crippen molar-refractivity contribution < 1.29 is 9.47 Å². The number of hydrogen-bond acceptors (Lipinski definition) is 3. The van der Waals surface area contributed by atoms with Crippen LogP contribution in [-0.4, -0.2) is 42.3 Å². The van der Waals surface area contributed by atoms with Gasteiger partial charge in [0.2, 0.25) is 0 Å². The first-order chi connectivity index (χ1) is 12.8. The Balaban J connectivity index is 1.77. The number of hydrogen-bond donors (Lipinski definition) is 0. The van der Waals surface area contributed by atoms with Gasteiger partial charge in [-0.15, -0.1) is 0 Å². The van der Waals surface area contributed by atoms with E-state index >= 15 is 0 Å². The Morgan fingerprint density at radius 3 is 2.81 bits per heavy atom. The molecule has 2 aliphatic heterocycles. The van der Waals surface area contributed by atoms with Crippen molar-refractivity contribution in [2.75, 3.05) is 27.2 Å². The van der Waals surface area contributed by atoms with Crippen LogP contribution >= 0.6 is 0 Å². The van der Waals surface area contributed by atoms with E-state index in [9.17, 15) is 0 Å². The minimum absolute atomic E-state index is 0.0914. The molecule has 4 heteroatoms. The van der Waals surface area contributed by atoms with Crippen LogP contribution in [-0.2, 0) is 23.3 Å². The average molecular weight is 371 g/mol. The molecule has 0 aliphatic carbocycles. The van der Waals surface area contributed by atoms with E-state index in [4.69, 9.17) is 9.47 Å². The Hall–Kier alpha value is -1.52. The fraction of sp³-hybridized carbons (Fsp3) is 0.652. The zero-order valence-corrected chi connectivity index (χ0v) is 17.6. The van der Waals surface area contributed by atoms with Crippen LogP contribution in [0.2, 0.25) is 0 Å². The molecular formula is C23H34N2O2. The average Bonchev–Trinajstić information content (AvgIpc) is 2.89. The number of ether oxygens (including phenoxy) is 2. The van der Waals surface area contributed by atoms with Gasteiger partial charge in [-0.3, -0.25) is 0 Å².